The van der Waals surface area contributed by atoms with Crippen LogP contribution >= 0.6 is 11.6 Å². The Kier molecular flexibility index (Phi) is 8.02. The second-order valence-electron chi connectivity index (χ2n) is 8.10. The monoisotopic (exact) mass is 472 g/mol. The first-order chi connectivity index (χ1) is 15.7. The third-order valence-corrected chi connectivity index (χ3v) is 5.32. The van der Waals surface area contributed by atoms with Gasteiger partial charge in [0.2, 0.25) is 0 Å². The number of carboxylic acid groups (broad SMARTS) is 1. The SMILES string of the molecule is CC(C)c1nc(-c2ccc(Cl)cc2)c(-c2ccc(F)cc2)n1/C=C/C(O)CC(O)CC(=O)O. The highest BCUT2D eigenvalue weighted by molar-refractivity contribution is 6.30. The zero-order valence-corrected chi connectivity index (χ0v) is 19.1. The Labute approximate surface area is 196 Å². The number of imidazole rings is 1. The number of nitrogens with zero attached hydrogens (tertiary/aromatic N) is 2. The van der Waals surface area contributed by atoms with Crippen LogP contribution in [0.5, 0.6) is 0 Å². The Bertz CT molecular complexity index is 1120. The summed E-state index contributed by atoms with van der Waals surface area (Å²) in [5.74, 6) is -0.764. The van der Waals surface area contributed by atoms with Crippen LogP contribution in [0.25, 0.3) is 28.7 Å². The highest BCUT2D eigenvalue weighted by atomic mass is 35.5. The summed E-state index contributed by atoms with van der Waals surface area (Å²) in [6, 6.07) is 13.3. The molecule has 1 aromatic heterocycles. The summed E-state index contributed by atoms with van der Waals surface area (Å²) < 4.78 is 15.4. The fraction of sp³-hybridized carbons (Fsp3) is 0.280. The third-order valence-electron chi connectivity index (χ3n) is 5.07. The molecule has 0 spiro atoms. The van der Waals surface area contributed by atoms with Gasteiger partial charge in [-0.1, -0.05) is 37.6 Å². The van der Waals surface area contributed by atoms with Gasteiger partial charge in [0.15, 0.2) is 0 Å². The number of carbonyl (C=O) groups is 1. The lowest BCUT2D eigenvalue weighted by atomic mass is 10.0. The van der Waals surface area contributed by atoms with Gasteiger partial charge >= 0.3 is 5.97 Å². The van der Waals surface area contributed by atoms with E-state index in [1.54, 1.807) is 30.5 Å². The fourth-order valence-corrected chi connectivity index (χ4v) is 3.65. The van der Waals surface area contributed by atoms with Gasteiger partial charge in [-0.2, -0.15) is 0 Å². The lowest BCUT2D eigenvalue weighted by Crippen LogP contribution is -2.19. The van der Waals surface area contributed by atoms with Gasteiger partial charge in [0.1, 0.15) is 11.6 Å². The van der Waals surface area contributed by atoms with Crippen molar-refractivity contribution in [2.24, 2.45) is 0 Å². The summed E-state index contributed by atoms with van der Waals surface area (Å²) in [5.41, 5.74) is 2.93. The number of hydrogen-bond acceptors (Lipinski definition) is 4. The standard InChI is InChI=1S/C25H26ClFN2O4/c1-15(2)25-28-23(16-3-7-18(26)8-4-16)24(17-5-9-19(27)10-6-17)29(25)12-11-20(30)13-21(31)14-22(32)33/h3-12,15,20-21,30-31H,13-14H2,1-2H3,(H,32,33)/b12-11+. The van der Waals surface area contributed by atoms with Crippen molar-refractivity contribution in [2.45, 2.75) is 44.8 Å². The topological polar surface area (TPSA) is 95.6 Å². The first-order valence-corrected chi connectivity index (χ1v) is 10.9. The van der Waals surface area contributed by atoms with Crippen molar-refractivity contribution < 1.29 is 24.5 Å². The fourth-order valence-electron chi connectivity index (χ4n) is 3.53. The Morgan fingerprint density at radius 2 is 1.70 bits per heavy atom. The second kappa shape index (κ2) is 10.7. The highest BCUT2D eigenvalue weighted by Crippen LogP contribution is 2.36. The van der Waals surface area contributed by atoms with E-state index in [0.29, 0.717) is 22.2 Å². The zero-order valence-electron chi connectivity index (χ0n) is 18.3. The molecule has 0 amide bonds. The zero-order chi connectivity index (χ0) is 24.1. The first-order valence-electron chi connectivity index (χ1n) is 10.6. The number of aliphatic hydroxyl groups is 2. The molecule has 0 aliphatic carbocycles. The van der Waals surface area contributed by atoms with Gasteiger partial charge in [0.05, 0.1) is 30.0 Å². The minimum Gasteiger partial charge on any atom is -0.481 e. The van der Waals surface area contributed by atoms with Crippen molar-refractivity contribution in [2.75, 3.05) is 0 Å². The maximum absolute atomic E-state index is 13.6. The van der Waals surface area contributed by atoms with E-state index in [0.717, 1.165) is 11.1 Å². The highest BCUT2D eigenvalue weighted by Gasteiger charge is 2.21. The Balaban J connectivity index is 2.10. The van der Waals surface area contributed by atoms with Crippen LogP contribution in [0.2, 0.25) is 5.02 Å². The molecule has 174 valence electrons. The summed E-state index contributed by atoms with van der Waals surface area (Å²) in [6.07, 6.45) is 0.326. The molecule has 8 heteroatoms. The molecule has 3 rings (SSSR count). The molecule has 2 aromatic carbocycles. The Morgan fingerprint density at radius 1 is 1.09 bits per heavy atom. The van der Waals surface area contributed by atoms with E-state index in [1.807, 2.05) is 30.5 Å². The van der Waals surface area contributed by atoms with Crippen molar-refractivity contribution in [1.82, 2.24) is 9.55 Å². The van der Waals surface area contributed by atoms with Crippen molar-refractivity contribution >= 4 is 23.8 Å². The van der Waals surface area contributed by atoms with Crippen LogP contribution in [0.1, 0.15) is 38.4 Å². The molecule has 6 nitrogen and oxygen atoms in total. The van der Waals surface area contributed by atoms with Crippen molar-refractivity contribution in [3.05, 3.63) is 71.3 Å². The number of halogens is 2. The van der Waals surface area contributed by atoms with Crippen molar-refractivity contribution in [3.63, 3.8) is 0 Å². The van der Waals surface area contributed by atoms with E-state index < -0.39 is 24.6 Å². The largest absolute Gasteiger partial charge is 0.481 e. The summed E-state index contributed by atoms with van der Waals surface area (Å²) in [4.78, 5) is 15.6. The van der Waals surface area contributed by atoms with E-state index in [4.69, 9.17) is 21.7 Å². The minimum atomic E-state index is -1.17. The van der Waals surface area contributed by atoms with Crippen molar-refractivity contribution in [3.8, 4) is 22.5 Å². The van der Waals surface area contributed by atoms with E-state index in [9.17, 15) is 19.4 Å². The summed E-state index contributed by atoms with van der Waals surface area (Å²) in [7, 11) is 0. The maximum Gasteiger partial charge on any atom is 0.305 e. The van der Waals surface area contributed by atoms with Crippen LogP contribution in [0.3, 0.4) is 0 Å². The van der Waals surface area contributed by atoms with Crippen LogP contribution in [0.4, 0.5) is 4.39 Å². The molecule has 0 saturated heterocycles. The first kappa shape index (κ1) is 24.6. The molecule has 3 N–H and O–H groups in total. The lowest BCUT2D eigenvalue weighted by molar-refractivity contribution is -0.139. The van der Waals surface area contributed by atoms with Gasteiger partial charge in [-0.3, -0.25) is 4.79 Å². The summed E-state index contributed by atoms with van der Waals surface area (Å²) in [6.45, 7) is 3.97. The van der Waals surface area contributed by atoms with E-state index in [1.165, 1.54) is 18.2 Å². The third kappa shape index (κ3) is 6.28. The number of aliphatic carboxylic acids is 1. The smallest absolute Gasteiger partial charge is 0.305 e. The molecule has 3 aromatic rings. The molecule has 1 heterocycles. The maximum atomic E-state index is 13.6. The predicted octanol–water partition coefficient (Wildman–Crippen LogP) is 5.19. The predicted molar refractivity (Wildman–Crippen MR) is 126 cm³/mol. The van der Waals surface area contributed by atoms with Gasteiger partial charge in [-0.15, -0.1) is 0 Å². The summed E-state index contributed by atoms with van der Waals surface area (Å²) in [5, 5.41) is 29.6. The molecule has 0 aliphatic heterocycles. The number of aromatic nitrogens is 2. The number of hydrogen-bond donors (Lipinski definition) is 3. The molecule has 2 unspecified atom stereocenters. The van der Waals surface area contributed by atoms with Gasteiger partial charge in [-0.05, 0) is 42.5 Å². The summed E-state index contributed by atoms with van der Waals surface area (Å²) >= 11 is 6.05. The molecule has 0 aliphatic rings. The van der Waals surface area contributed by atoms with Gasteiger partial charge in [-0.25, -0.2) is 9.37 Å². The van der Waals surface area contributed by atoms with E-state index >= 15 is 0 Å². The van der Waals surface area contributed by atoms with Crippen LogP contribution in [0.15, 0.2) is 54.6 Å². The normalized spacial score (nSPS) is 13.5. The van der Waals surface area contributed by atoms with Crippen molar-refractivity contribution in [1.29, 1.82) is 0 Å². The average Bonchev–Trinajstić information content (AvgIpc) is 3.12. The van der Waals surface area contributed by atoms with Gasteiger partial charge < -0.3 is 19.9 Å². The van der Waals surface area contributed by atoms with Crippen LogP contribution < -0.4 is 0 Å². The Morgan fingerprint density at radius 3 is 2.27 bits per heavy atom. The number of benzene rings is 2. The molecule has 33 heavy (non-hydrogen) atoms. The van der Waals surface area contributed by atoms with E-state index in [2.05, 4.69) is 0 Å². The average molecular weight is 473 g/mol. The van der Waals surface area contributed by atoms with Crippen LogP contribution in [-0.4, -0.2) is 43.0 Å². The van der Waals surface area contributed by atoms with E-state index in [-0.39, 0.29) is 18.2 Å². The number of rotatable bonds is 9. The molecule has 0 saturated carbocycles. The molecule has 0 bridgehead atoms. The van der Waals surface area contributed by atoms with Crippen LogP contribution in [0, 0.1) is 5.82 Å². The molecular formula is C25H26ClFN2O4. The minimum absolute atomic E-state index is 0.0182. The lowest BCUT2D eigenvalue weighted by Gasteiger charge is -2.13. The van der Waals surface area contributed by atoms with Gasteiger partial charge in [0.25, 0.3) is 0 Å². The molecule has 0 fully saturated rings. The van der Waals surface area contributed by atoms with Gasteiger partial charge in [0, 0.05) is 34.7 Å². The molecule has 0 radical (unpaired) electrons. The quantitative estimate of drug-likeness (QED) is 0.398. The van der Waals surface area contributed by atoms with Crippen LogP contribution in [-0.2, 0) is 4.79 Å². The second-order valence-corrected chi connectivity index (χ2v) is 8.54. The number of aliphatic hydroxyl groups excluding tert-OH is 2. The Hall–Kier alpha value is -3.00. The molecular weight excluding hydrogens is 447 g/mol. The number of carboxylic acids is 1. The molecule has 2 atom stereocenters.